The Kier molecular flexibility index (Phi) is 7.60. The number of rotatable bonds is 10. The van der Waals surface area contributed by atoms with E-state index in [1.165, 1.54) is 0 Å². The molecule has 4 nitrogen and oxygen atoms in total. The summed E-state index contributed by atoms with van der Waals surface area (Å²) in [6.45, 7) is 4.97. The van der Waals surface area contributed by atoms with Crippen molar-refractivity contribution in [2.45, 2.75) is 50.5 Å². The molecule has 1 aliphatic heterocycles. The number of ether oxygens (including phenoxy) is 3. The van der Waals surface area contributed by atoms with E-state index in [1.54, 1.807) is 0 Å². The first-order chi connectivity index (χ1) is 13.3. The lowest BCUT2D eigenvalue weighted by molar-refractivity contribution is -0.109. The molecule has 2 aromatic rings. The summed E-state index contributed by atoms with van der Waals surface area (Å²) in [5, 5.41) is 10.6. The number of aliphatic hydroxyl groups is 1. The number of benzene rings is 2. The van der Waals surface area contributed by atoms with Crippen molar-refractivity contribution in [2.24, 2.45) is 0 Å². The molecule has 1 fully saturated rings. The smallest absolute Gasteiger partial charge is 0.112 e. The maximum absolute atomic E-state index is 10.6. The molecule has 1 N–H and O–H groups in total. The second kappa shape index (κ2) is 10.4. The molecule has 0 saturated carbocycles. The highest BCUT2D eigenvalue weighted by atomic mass is 16.6. The zero-order valence-corrected chi connectivity index (χ0v) is 15.6. The Morgan fingerprint density at radius 2 is 1.67 bits per heavy atom. The minimum absolute atomic E-state index is 0.0250. The van der Waals surface area contributed by atoms with Crippen molar-refractivity contribution >= 4 is 0 Å². The quantitative estimate of drug-likeness (QED) is 0.647. The molecule has 0 unspecified atom stereocenters. The van der Waals surface area contributed by atoms with E-state index in [0.29, 0.717) is 13.2 Å². The minimum Gasteiger partial charge on any atom is -0.388 e. The van der Waals surface area contributed by atoms with Gasteiger partial charge in [0.2, 0.25) is 0 Å². The summed E-state index contributed by atoms with van der Waals surface area (Å²) in [5.74, 6) is 0. The number of aliphatic hydroxyl groups excluding tert-OH is 1. The molecule has 4 atom stereocenters. The molecular formula is C23H28O4. The normalized spacial score (nSPS) is 23.2. The predicted molar refractivity (Wildman–Crippen MR) is 105 cm³/mol. The van der Waals surface area contributed by atoms with Gasteiger partial charge in [0.05, 0.1) is 32.0 Å². The summed E-state index contributed by atoms with van der Waals surface area (Å²) in [6.07, 6.45) is 2.08. The average molecular weight is 368 g/mol. The first-order valence-electron chi connectivity index (χ1n) is 9.48. The molecular weight excluding hydrogens is 340 g/mol. The van der Waals surface area contributed by atoms with Crippen LogP contribution in [0.1, 0.15) is 24.0 Å². The summed E-state index contributed by atoms with van der Waals surface area (Å²) in [5.41, 5.74) is 2.19. The first-order valence-corrected chi connectivity index (χ1v) is 9.48. The maximum atomic E-state index is 10.6. The molecule has 0 amide bonds. The second-order valence-corrected chi connectivity index (χ2v) is 6.89. The zero-order chi connectivity index (χ0) is 18.9. The fourth-order valence-electron chi connectivity index (χ4n) is 3.34. The second-order valence-electron chi connectivity index (χ2n) is 6.89. The number of hydrogen-bond donors (Lipinski definition) is 1. The Bertz CT molecular complexity index is 673. The Balaban J connectivity index is 1.53. The van der Waals surface area contributed by atoms with Gasteiger partial charge in [0.1, 0.15) is 12.2 Å². The third-order valence-corrected chi connectivity index (χ3v) is 4.73. The van der Waals surface area contributed by atoms with E-state index < -0.39 is 12.2 Å². The summed E-state index contributed by atoms with van der Waals surface area (Å²) < 4.78 is 17.8. The molecule has 1 saturated heterocycles. The molecule has 0 aliphatic carbocycles. The van der Waals surface area contributed by atoms with E-state index in [4.69, 9.17) is 14.2 Å². The molecule has 4 heteroatoms. The third-order valence-electron chi connectivity index (χ3n) is 4.73. The van der Waals surface area contributed by atoms with Crippen molar-refractivity contribution in [3.63, 3.8) is 0 Å². The van der Waals surface area contributed by atoms with E-state index in [0.717, 1.165) is 24.0 Å². The Morgan fingerprint density at radius 3 is 2.30 bits per heavy atom. The average Bonchev–Trinajstić information content (AvgIpc) is 3.11. The van der Waals surface area contributed by atoms with Crippen molar-refractivity contribution in [1.29, 1.82) is 0 Å². The topological polar surface area (TPSA) is 47.9 Å². The van der Waals surface area contributed by atoms with Crippen molar-refractivity contribution in [3.8, 4) is 0 Å². The molecule has 2 aromatic carbocycles. The van der Waals surface area contributed by atoms with Gasteiger partial charge in [-0.25, -0.2) is 0 Å². The van der Waals surface area contributed by atoms with E-state index >= 15 is 0 Å². The van der Waals surface area contributed by atoms with Gasteiger partial charge in [0.25, 0.3) is 0 Å². The molecule has 1 heterocycles. The van der Waals surface area contributed by atoms with Crippen LogP contribution in [-0.2, 0) is 27.4 Å². The van der Waals surface area contributed by atoms with Crippen LogP contribution >= 0.6 is 0 Å². The highest BCUT2D eigenvalue weighted by molar-refractivity contribution is 5.14. The van der Waals surface area contributed by atoms with Crippen LogP contribution < -0.4 is 0 Å². The molecule has 0 spiro atoms. The van der Waals surface area contributed by atoms with Crippen LogP contribution in [0.4, 0.5) is 0 Å². The molecule has 0 radical (unpaired) electrons. The zero-order valence-electron chi connectivity index (χ0n) is 15.6. The minimum atomic E-state index is -0.732. The van der Waals surface area contributed by atoms with Gasteiger partial charge >= 0.3 is 0 Å². The van der Waals surface area contributed by atoms with Crippen molar-refractivity contribution in [1.82, 2.24) is 0 Å². The largest absolute Gasteiger partial charge is 0.388 e. The molecule has 0 bridgehead atoms. The van der Waals surface area contributed by atoms with Gasteiger partial charge in [0.15, 0.2) is 0 Å². The SMILES string of the molecule is C=CC[C@@H]1C[C@@H](OCc2ccccc2)[C@H]([C@H](O)COCc2ccccc2)O1. The van der Waals surface area contributed by atoms with Crippen LogP contribution in [0, 0.1) is 0 Å². The van der Waals surface area contributed by atoms with Crippen molar-refractivity contribution in [2.75, 3.05) is 6.61 Å². The van der Waals surface area contributed by atoms with Gasteiger partial charge in [0, 0.05) is 6.42 Å². The first kappa shape index (κ1) is 19.8. The van der Waals surface area contributed by atoms with Crippen LogP contribution in [0.15, 0.2) is 73.3 Å². The highest BCUT2D eigenvalue weighted by Crippen LogP contribution is 2.29. The lowest BCUT2D eigenvalue weighted by Gasteiger charge is -2.24. The van der Waals surface area contributed by atoms with Gasteiger partial charge in [-0.15, -0.1) is 6.58 Å². The van der Waals surface area contributed by atoms with Crippen LogP contribution in [0.25, 0.3) is 0 Å². The molecule has 3 rings (SSSR count). The lowest BCUT2D eigenvalue weighted by atomic mass is 10.1. The standard InChI is InChI=1S/C23H28O4/c1-2-9-20-14-22(26-16-19-12-7-4-8-13-19)23(27-20)21(24)17-25-15-18-10-5-3-6-11-18/h2-8,10-13,20-24H,1,9,14-17H2/t20-,21-,22-,23+/m1/s1. The van der Waals surface area contributed by atoms with Crippen molar-refractivity contribution < 1.29 is 19.3 Å². The van der Waals surface area contributed by atoms with E-state index in [-0.39, 0.29) is 18.8 Å². The van der Waals surface area contributed by atoms with E-state index in [2.05, 4.69) is 6.58 Å². The Morgan fingerprint density at radius 1 is 1.04 bits per heavy atom. The van der Waals surface area contributed by atoms with Gasteiger partial charge in [-0.05, 0) is 17.5 Å². The fraction of sp³-hybridized carbons (Fsp3) is 0.391. The summed E-state index contributed by atoms with van der Waals surface area (Å²) >= 11 is 0. The fourth-order valence-corrected chi connectivity index (χ4v) is 3.34. The molecule has 1 aliphatic rings. The summed E-state index contributed by atoms with van der Waals surface area (Å²) in [4.78, 5) is 0. The Hall–Kier alpha value is -1.98. The predicted octanol–water partition coefficient (Wildman–Crippen LogP) is 3.88. The van der Waals surface area contributed by atoms with Crippen molar-refractivity contribution in [3.05, 3.63) is 84.4 Å². The van der Waals surface area contributed by atoms with Gasteiger partial charge < -0.3 is 19.3 Å². The van der Waals surface area contributed by atoms with Crippen LogP contribution in [0.3, 0.4) is 0 Å². The van der Waals surface area contributed by atoms with Gasteiger partial charge in [-0.3, -0.25) is 0 Å². The molecule has 0 aromatic heterocycles. The van der Waals surface area contributed by atoms with Crippen LogP contribution in [-0.4, -0.2) is 36.1 Å². The third kappa shape index (κ3) is 6.01. The van der Waals surface area contributed by atoms with E-state index in [1.807, 2.05) is 66.7 Å². The van der Waals surface area contributed by atoms with Gasteiger partial charge in [-0.1, -0.05) is 66.7 Å². The maximum Gasteiger partial charge on any atom is 0.112 e. The van der Waals surface area contributed by atoms with Gasteiger partial charge in [-0.2, -0.15) is 0 Å². The molecule has 144 valence electrons. The van der Waals surface area contributed by atoms with E-state index in [9.17, 15) is 5.11 Å². The summed E-state index contributed by atoms with van der Waals surface area (Å²) in [7, 11) is 0. The monoisotopic (exact) mass is 368 g/mol. The summed E-state index contributed by atoms with van der Waals surface area (Å²) in [6, 6.07) is 20.0. The van der Waals surface area contributed by atoms with Crippen LogP contribution in [0.2, 0.25) is 0 Å². The number of hydrogen-bond acceptors (Lipinski definition) is 4. The molecule has 27 heavy (non-hydrogen) atoms. The highest BCUT2D eigenvalue weighted by Gasteiger charge is 2.39. The Labute approximate surface area is 161 Å². The van der Waals surface area contributed by atoms with Crippen LogP contribution in [0.5, 0.6) is 0 Å². The lowest BCUT2D eigenvalue weighted by Crippen LogP contribution is -2.39.